The van der Waals surface area contributed by atoms with Crippen molar-refractivity contribution in [2.75, 3.05) is 7.11 Å². The molecular weight excluding hydrogens is 188 g/mol. The maximum atomic E-state index is 10.8. The molecule has 0 aromatic heterocycles. The molecule has 0 amide bonds. The molecule has 0 saturated carbocycles. The number of methoxy groups -OCH3 is 1. The number of carbonyl (C=O) groups excluding carboxylic acids is 1. The second-order valence-corrected chi connectivity index (χ2v) is 3.43. The molecule has 0 saturated heterocycles. The Balaban J connectivity index is 2.41. The summed E-state index contributed by atoms with van der Waals surface area (Å²) in [5.41, 5.74) is 2.41. The van der Waals surface area contributed by atoms with Crippen LogP contribution in [0.5, 0.6) is 0 Å². The van der Waals surface area contributed by atoms with Crippen molar-refractivity contribution in [3.05, 3.63) is 41.5 Å². The quantitative estimate of drug-likeness (QED) is 0.705. The third kappa shape index (κ3) is 4.45. The molecule has 80 valence electrons. The van der Waals surface area contributed by atoms with E-state index in [2.05, 4.69) is 23.8 Å². The summed E-state index contributed by atoms with van der Waals surface area (Å²) in [5, 5.41) is 0. The first-order valence-corrected chi connectivity index (χ1v) is 5.02. The van der Waals surface area contributed by atoms with Crippen LogP contribution in [0.4, 0.5) is 0 Å². The maximum Gasteiger partial charge on any atom is 0.305 e. The van der Waals surface area contributed by atoms with Gasteiger partial charge < -0.3 is 4.74 Å². The van der Waals surface area contributed by atoms with Crippen LogP contribution in [0.2, 0.25) is 0 Å². The lowest BCUT2D eigenvalue weighted by Gasteiger charge is -1.96. The fourth-order valence-corrected chi connectivity index (χ4v) is 1.30. The lowest BCUT2D eigenvalue weighted by atomic mass is 10.1. The van der Waals surface area contributed by atoms with Gasteiger partial charge in [0.15, 0.2) is 0 Å². The van der Waals surface area contributed by atoms with E-state index in [0.717, 1.165) is 6.42 Å². The van der Waals surface area contributed by atoms with Crippen LogP contribution in [0.15, 0.2) is 30.3 Å². The molecule has 1 aromatic rings. The number of aryl methyl sites for hydroxylation is 1. The van der Waals surface area contributed by atoms with Gasteiger partial charge in [0, 0.05) is 6.42 Å². The second-order valence-electron chi connectivity index (χ2n) is 3.43. The smallest absolute Gasteiger partial charge is 0.305 e. The van der Waals surface area contributed by atoms with Crippen molar-refractivity contribution >= 4 is 12.0 Å². The maximum absolute atomic E-state index is 10.8. The normalized spacial score (nSPS) is 10.5. The first-order valence-electron chi connectivity index (χ1n) is 5.02. The highest BCUT2D eigenvalue weighted by atomic mass is 16.5. The van der Waals surface area contributed by atoms with Gasteiger partial charge in [0.1, 0.15) is 0 Å². The third-order valence-electron chi connectivity index (χ3n) is 2.10. The van der Waals surface area contributed by atoms with Crippen LogP contribution in [-0.2, 0) is 9.53 Å². The summed E-state index contributed by atoms with van der Waals surface area (Å²) in [6.07, 6.45) is 5.18. The summed E-state index contributed by atoms with van der Waals surface area (Å²) >= 11 is 0. The molecule has 0 aliphatic heterocycles. The van der Waals surface area contributed by atoms with E-state index in [4.69, 9.17) is 0 Å². The van der Waals surface area contributed by atoms with E-state index >= 15 is 0 Å². The number of rotatable bonds is 4. The first kappa shape index (κ1) is 11.5. The Hall–Kier alpha value is -1.57. The Morgan fingerprint density at radius 1 is 1.47 bits per heavy atom. The Kier molecular flexibility index (Phi) is 4.61. The lowest BCUT2D eigenvalue weighted by molar-refractivity contribution is -0.140. The number of esters is 1. The highest BCUT2D eigenvalue weighted by Gasteiger charge is 1.95. The Labute approximate surface area is 90.6 Å². The van der Waals surface area contributed by atoms with Crippen molar-refractivity contribution in [2.45, 2.75) is 19.8 Å². The molecule has 0 aliphatic carbocycles. The van der Waals surface area contributed by atoms with Crippen LogP contribution in [0.3, 0.4) is 0 Å². The highest BCUT2D eigenvalue weighted by Crippen LogP contribution is 2.06. The lowest BCUT2D eigenvalue weighted by Crippen LogP contribution is -1.97. The van der Waals surface area contributed by atoms with Gasteiger partial charge in [-0.05, 0) is 18.9 Å². The van der Waals surface area contributed by atoms with E-state index in [1.54, 1.807) is 0 Å². The Morgan fingerprint density at radius 3 is 2.93 bits per heavy atom. The van der Waals surface area contributed by atoms with Crippen molar-refractivity contribution in [3.63, 3.8) is 0 Å². The van der Waals surface area contributed by atoms with Gasteiger partial charge in [0.05, 0.1) is 7.11 Å². The second kappa shape index (κ2) is 6.02. The van der Waals surface area contributed by atoms with Crippen molar-refractivity contribution in [1.82, 2.24) is 0 Å². The van der Waals surface area contributed by atoms with E-state index < -0.39 is 0 Å². The number of carbonyl (C=O) groups is 1. The van der Waals surface area contributed by atoms with Gasteiger partial charge in [0.25, 0.3) is 0 Å². The summed E-state index contributed by atoms with van der Waals surface area (Å²) in [5.74, 6) is -0.163. The zero-order chi connectivity index (χ0) is 11.1. The minimum Gasteiger partial charge on any atom is -0.469 e. The minimum atomic E-state index is -0.163. The molecular formula is C13H16O2. The van der Waals surface area contributed by atoms with Crippen LogP contribution in [0, 0.1) is 6.92 Å². The van der Waals surface area contributed by atoms with Crippen LogP contribution in [-0.4, -0.2) is 13.1 Å². The zero-order valence-corrected chi connectivity index (χ0v) is 9.19. The molecule has 0 fully saturated rings. The van der Waals surface area contributed by atoms with Gasteiger partial charge in [-0.15, -0.1) is 0 Å². The SMILES string of the molecule is COC(=O)CC/C=C/c1cccc(C)c1. The molecule has 0 bridgehead atoms. The molecule has 1 rings (SSSR count). The molecule has 0 atom stereocenters. The number of allylic oxidation sites excluding steroid dienone is 1. The van der Waals surface area contributed by atoms with Crippen molar-refractivity contribution < 1.29 is 9.53 Å². The monoisotopic (exact) mass is 204 g/mol. The van der Waals surface area contributed by atoms with Crippen molar-refractivity contribution in [2.24, 2.45) is 0 Å². The number of hydrogen-bond donors (Lipinski definition) is 0. The van der Waals surface area contributed by atoms with E-state index in [1.165, 1.54) is 18.2 Å². The molecule has 0 radical (unpaired) electrons. The van der Waals surface area contributed by atoms with Gasteiger partial charge in [-0.25, -0.2) is 0 Å². The summed E-state index contributed by atoms with van der Waals surface area (Å²) in [6.45, 7) is 2.06. The molecule has 2 nitrogen and oxygen atoms in total. The topological polar surface area (TPSA) is 26.3 Å². The van der Waals surface area contributed by atoms with E-state index in [1.807, 2.05) is 24.3 Å². The molecule has 15 heavy (non-hydrogen) atoms. The van der Waals surface area contributed by atoms with Crippen LogP contribution in [0.25, 0.3) is 6.08 Å². The van der Waals surface area contributed by atoms with Gasteiger partial charge in [0.2, 0.25) is 0 Å². The summed E-state index contributed by atoms with van der Waals surface area (Å²) in [6, 6.07) is 8.23. The average Bonchev–Trinajstić information content (AvgIpc) is 2.24. The fraction of sp³-hybridized carbons (Fsp3) is 0.308. The zero-order valence-electron chi connectivity index (χ0n) is 9.19. The van der Waals surface area contributed by atoms with Crippen LogP contribution >= 0.6 is 0 Å². The van der Waals surface area contributed by atoms with Gasteiger partial charge in [-0.2, -0.15) is 0 Å². The summed E-state index contributed by atoms with van der Waals surface area (Å²) in [7, 11) is 1.41. The largest absolute Gasteiger partial charge is 0.469 e. The first-order chi connectivity index (χ1) is 7.22. The number of ether oxygens (including phenoxy) is 1. The fourth-order valence-electron chi connectivity index (χ4n) is 1.30. The third-order valence-corrected chi connectivity index (χ3v) is 2.10. The molecule has 0 N–H and O–H groups in total. The Morgan fingerprint density at radius 2 is 2.27 bits per heavy atom. The van der Waals surface area contributed by atoms with Gasteiger partial charge in [-0.3, -0.25) is 4.79 Å². The highest BCUT2D eigenvalue weighted by molar-refractivity contribution is 5.69. The molecule has 0 aliphatic rings. The number of hydrogen-bond acceptors (Lipinski definition) is 2. The van der Waals surface area contributed by atoms with Gasteiger partial charge in [-0.1, -0.05) is 42.0 Å². The summed E-state index contributed by atoms with van der Waals surface area (Å²) in [4.78, 5) is 10.8. The van der Waals surface area contributed by atoms with Crippen molar-refractivity contribution in [1.29, 1.82) is 0 Å². The standard InChI is InChI=1S/C13H16O2/c1-11-6-5-8-12(10-11)7-3-4-9-13(14)15-2/h3,5-8,10H,4,9H2,1-2H3/b7-3+. The van der Waals surface area contributed by atoms with Gasteiger partial charge >= 0.3 is 5.97 Å². The predicted molar refractivity (Wildman–Crippen MR) is 61.5 cm³/mol. The van der Waals surface area contributed by atoms with E-state index in [9.17, 15) is 4.79 Å². The average molecular weight is 204 g/mol. The predicted octanol–water partition coefficient (Wildman–Crippen LogP) is 2.96. The van der Waals surface area contributed by atoms with Crippen molar-refractivity contribution in [3.8, 4) is 0 Å². The molecule has 0 heterocycles. The van der Waals surface area contributed by atoms with E-state index in [0.29, 0.717) is 6.42 Å². The number of benzene rings is 1. The molecule has 1 aromatic carbocycles. The minimum absolute atomic E-state index is 0.163. The molecule has 2 heteroatoms. The summed E-state index contributed by atoms with van der Waals surface area (Å²) < 4.78 is 4.55. The van der Waals surface area contributed by atoms with Crippen LogP contribution in [0.1, 0.15) is 24.0 Å². The van der Waals surface area contributed by atoms with E-state index in [-0.39, 0.29) is 5.97 Å². The molecule has 0 spiro atoms. The molecule has 0 unspecified atom stereocenters. The van der Waals surface area contributed by atoms with Crippen LogP contribution < -0.4 is 0 Å². The Bertz CT molecular complexity index is 353.